The van der Waals surface area contributed by atoms with Crippen molar-refractivity contribution in [2.45, 2.75) is 97.2 Å². The molecule has 4 N–H and O–H groups in total. The number of methoxy groups -OCH3 is 1. The lowest BCUT2D eigenvalue weighted by Gasteiger charge is -2.62. The predicted molar refractivity (Wildman–Crippen MR) is 205 cm³/mol. The molecule has 52 heavy (non-hydrogen) atoms. The number of anilines is 1. The molecule has 4 fully saturated rings. The number of hydroxylamine groups is 2. The second-order valence-corrected chi connectivity index (χ2v) is 16.6. The lowest BCUT2D eigenvalue weighted by molar-refractivity contribution is -0.183. The summed E-state index contributed by atoms with van der Waals surface area (Å²) in [5, 5.41) is 29.5. The topological polar surface area (TPSA) is 127 Å². The summed E-state index contributed by atoms with van der Waals surface area (Å²) in [7, 11) is 9.53. The molecule has 1 aliphatic heterocycles. The molecule has 3 unspecified atom stereocenters. The van der Waals surface area contributed by atoms with Crippen LogP contribution in [0.5, 0.6) is 5.75 Å². The molecule has 2 amide bonds. The number of para-hydroxylation sites is 1. The molecule has 0 radical (unpaired) electrons. The van der Waals surface area contributed by atoms with Crippen LogP contribution < -0.4 is 20.3 Å². The number of amides is 2. The Balaban J connectivity index is 1.45. The van der Waals surface area contributed by atoms with E-state index in [0.717, 1.165) is 48.2 Å². The van der Waals surface area contributed by atoms with Gasteiger partial charge in [-0.15, -0.1) is 0 Å². The van der Waals surface area contributed by atoms with Crippen LogP contribution in [0.25, 0.3) is 11.1 Å². The Morgan fingerprint density at radius 3 is 2.44 bits per heavy atom. The van der Waals surface area contributed by atoms with E-state index in [1.807, 2.05) is 69.5 Å². The molecular formula is C41H63N5O6. The Labute approximate surface area is 311 Å². The molecule has 9 atom stereocenters. The number of carbonyl (C=O) groups is 2. The zero-order valence-corrected chi connectivity index (χ0v) is 33.0. The smallest absolute Gasteiger partial charge is 0.251 e. The Morgan fingerprint density at radius 1 is 1.13 bits per heavy atom. The molecule has 3 aliphatic carbocycles. The minimum absolute atomic E-state index is 0.0227. The number of rotatable bonds is 15. The lowest BCUT2D eigenvalue weighted by atomic mass is 9.45. The van der Waals surface area contributed by atoms with Crippen molar-refractivity contribution in [1.82, 2.24) is 20.6 Å². The summed E-state index contributed by atoms with van der Waals surface area (Å²) in [6.07, 6.45) is 2.34. The van der Waals surface area contributed by atoms with E-state index in [1.54, 1.807) is 19.1 Å². The molecule has 4 aliphatic rings. The van der Waals surface area contributed by atoms with Gasteiger partial charge in [0, 0.05) is 61.0 Å². The number of hydrogen-bond donors (Lipinski definition) is 4. The fourth-order valence-electron chi connectivity index (χ4n) is 9.25. The van der Waals surface area contributed by atoms with Crippen LogP contribution >= 0.6 is 0 Å². The van der Waals surface area contributed by atoms with Gasteiger partial charge < -0.3 is 35.4 Å². The average Bonchev–Trinajstić information content (AvgIpc) is 3.47. The molecular weight excluding hydrogens is 658 g/mol. The molecule has 11 nitrogen and oxygen atoms in total. The Kier molecular flexibility index (Phi) is 12.6. The Morgan fingerprint density at radius 2 is 1.87 bits per heavy atom. The molecule has 0 aromatic heterocycles. The number of hydrogen-bond acceptors (Lipinski definition) is 9. The Bertz CT molecular complexity index is 1560. The maximum absolute atomic E-state index is 14.2. The fourth-order valence-corrected chi connectivity index (χ4v) is 9.25. The van der Waals surface area contributed by atoms with Gasteiger partial charge in [-0.05, 0) is 87.2 Å². The summed E-state index contributed by atoms with van der Waals surface area (Å²) in [6.45, 7) is 11.3. The standard InChI is InChI=1S/C41H63N5O6/c1-11-13-30(22-44(6)7)42-39(49)28-16-27(17-31(18-28)45(8)9)32-15-12-14-26(38(32)51-10)21-46-37(36(25(3)48)35(23-47)52-46)40(50)43-34-20-29-19-33(24(34)2)41(29,4)5/h12,14-18,24-25,29-30,33-37,47-48H,11,13,19-23H2,1-10H3,(H,42,49)(H,43,50)/t24-,25?,29+,30-,33-,34-,35-,36?,37?/m0/s1. The highest BCUT2D eigenvalue weighted by Gasteiger charge is 2.57. The molecule has 288 valence electrons. The monoisotopic (exact) mass is 721 g/mol. The van der Waals surface area contributed by atoms with Crippen molar-refractivity contribution in [3.8, 4) is 16.9 Å². The van der Waals surface area contributed by atoms with Crippen LogP contribution in [0.15, 0.2) is 36.4 Å². The summed E-state index contributed by atoms with van der Waals surface area (Å²) in [5.74, 6) is 1.11. The second-order valence-electron chi connectivity index (χ2n) is 16.6. The molecule has 0 spiro atoms. The number of fused-ring (bicyclic) bond motifs is 2. The normalized spacial score (nSPS) is 27.8. The van der Waals surface area contributed by atoms with E-state index in [0.29, 0.717) is 29.1 Å². The van der Waals surface area contributed by atoms with Gasteiger partial charge in [-0.3, -0.25) is 14.4 Å². The molecule has 2 aromatic rings. The summed E-state index contributed by atoms with van der Waals surface area (Å²) in [5.41, 5.74) is 4.09. The number of ether oxygens (including phenoxy) is 1. The number of benzene rings is 2. The largest absolute Gasteiger partial charge is 0.496 e. The number of carbonyl (C=O) groups excluding carboxylic acids is 2. The van der Waals surface area contributed by atoms with Gasteiger partial charge in [0.05, 0.1) is 26.4 Å². The van der Waals surface area contributed by atoms with E-state index in [-0.39, 0.29) is 42.5 Å². The molecule has 6 rings (SSSR count). The van der Waals surface area contributed by atoms with E-state index >= 15 is 0 Å². The summed E-state index contributed by atoms with van der Waals surface area (Å²) < 4.78 is 6.08. The van der Waals surface area contributed by atoms with Crippen LogP contribution in [0.2, 0.25) is 0 Å². The van der Waals surface area contributed by atoms with Crippen LogP contribution in [0.3, 0.4) is 0 Å². The van der Waals surface area contributed by atoms with Crippen molar-refractivity contribution in [3.63, 3.8) is 0 Å². The van der Waals surface area contributed by atoms with Crippen molar-refractivity contribution in [2.24, 2.45) is 29.1 Å². The van der Waals surface area contributed by atoms with Crippen molar-refractivity contribution in [3.05, 3.63) is 47.5 Å². The third-order valence-electron chi connectivity index (χ3n) is 12.3. The maximum Gasteiger partial charge on any atom is 0.251 e. The summed E-state index contributed by atoms with van der Waals surface area (Å²) in [4.78, 5) is 38.3. The maximum atomic E-state index is 14.2. The van der Waals surface area contributed by atoms with Crippen molar-refractivity contribution in [2.75, 3.05) is 53.4 Å². The van der Waals surface area contributed by atoms with Gasteiger partial charge in [0.2, 0.25) is 5.91 Å². The molecule has 1 saturated heterocycles. The first-order valence-corrected chi connectivity index (χ1v) is 19.1. The molecule has 11 heteroatoms. The third-order valence-corrected chi connectivity index (χ3v) is 12.3. The first-order valence-electron chi connectivity index (χ1n) is 19.1. The van der Waals surface area contributed by atoms with E-state index in [2.05, 4.69) is 43.2 Å². The fraction of sp³-hybridized carbons (Fsp3) is 0.659. The quantitative estimate of drug-likeness (QED) is 0.210. The summed E-state index contributed by atoms with van der Waals surface area (Å²) in [6, 6.07) is 10.9. The lowest BCUT2D eigenvalue weighted by Crippen LogP contribution is -2.62. The minimum atomic E-state index is -0.893. The van der Waals surface area contributed by atoms with Crippen molar-refractivity contribution in [1.29, 1.82) is 0 Å². The van der Waals surface area contributed by atoms with E-state index < -0.39 is 24.2 Å². The molecule has 2 aromatic carbocycles. The van der Waals surface area contributed by atoms with Gasteiger partial charge in [-0.2, -0.15) is 5.06 Å². The number of aliphatic hydroxyl groups excluding tert-OH is 2. The average molecular weight is 722 g/mol. The van der Waals surface area contributed by atoms with E-state index in [4.69, 9.17) is 9.57 Å². The zero-order valence-electron chi connectivity index (χ0n) is 33.0. The van der Waals surface area contributed by atoms with Crippen LogP contribution in [0.4, 0.5) is 5.69 Å². The predicted octanol–water partition coefficient (Wildman–Crippen LogP) is 4.55. The van der Waals surface area contributed by atoms with Crippen molar-refractivity contribution >= 4 is 17.5 Å². The van der Waals surface area contributed by atoms with Gasteiger partial charge in [0.1, 0.15) is 17.9 Å². The number of nitrogens with zero attached hydrogens (tertiary/aromatic N) is 3. The molecule has 2 bridgehead atoms. The van der Waals surface area contributed by atoms with Gasteiger partial charge in [0.15, 0.2) is 0 Å². The van der Waals surface area contributed by atoms with Crippen LogP contribution in [0.1, 0.15) is 76.2 Å². The first kappa shape index (κ1) is 40.0. The van der Waals surface area contributed by atoms with Gasteiger partial charge >= 0.3 is 0 Å². The van der Waals surface area contributed by atoms with E-state index in [9.17, 15) is 19.8 Å². The SMILES string of the molecule is CCC[C@@H](CN(C)C)NC(=O)c1cc(-c2cccc(CN3O[C@@H](CO)C(C(C)O)C3C(=O)N[C@H]3C[C@H]4C[C@@H]([C@@H]3C)C4(C)C)c2OC)cc(N(C)C)c1. The second kappa shape index (κ2) is 16.4. The minimum Gasteiger partial charge on any atom is -0.496 e. The van der Waals surface area contributed by atoms with Gasteiger partial charge in [-0.25, -0.2) is 0 Å². The van der Waals surface area contributed by atoms with Crippen LogP contribution in [-0.2, 0) is 16.2 Å². The zero-order chi connectivity index (χ0) is 38.1. The highest BCUT2D eigenvalue weighted by atomic mass is 16.7. The van der Waals surface area contributed by atoms with Crippen molar-refractivity contribution < 1.29 is 29.4 Å². The van der Waals surface area contributed by atoms with Gasteiger partial charge in [0.25, 0.3) is 5.91 Å². The third kappa shape index (κ3) is 8.14. The molecule has 1 heterocycles. The number of aliphatic hydroxyl groups is 2. The highest BCUT2D eigenvalue weighted by molar-refractivity contribution is 5.97. The highest BCUT2D eigenvalue weighted by Crippen LogP contribution is 2.61. The Hall–Kier alpha value is -3.22. The first-order chi connectivity index (χ1) is 24.6. The van der Waals surface area contributed by atoms with Crippen LogP contribution in [-0.4, -0.2) is 111 Å². The van der Waals surface area contributed by atoms with Crippen LogP contribution in [0, 0.1) is 29.1 Å². The van der Waals surface area contributed by atoms with Gasteiger partial charge in [-0.1, -0.05) is 52.3 Å². The number of likely N-dealkylation sites (N-methyl/N-ethyl adjacent to an activating group) is 1. The molecule has 3 saturated carbocycles. The van der Waals surface area contributed by atoms with E-state index in [1.165, 1.54) is 6.42 Å². The number of nitrogens with one attached hydrogen (secondary N) is 2. The summed E-state index contributed by atoms with van der Waals surface area (Å²) >= 11 is 0.